The van der Waals surface area contributed by atoms with Gasteiger partial charge in [0, 0.05) is 17.0 Å². The maximum absolute atomic E-state index is 12.2. The van der Waals surface area contributed by atoms with Gasteiger partial charge in [-0.2, -0.15) is 0 Å². The second-order valence-electron chi connectivity index (χ2n) is 6.53. The van der Waals surface area contributed by atoms with E-state index >= 15 is 0 Å². The molecule has 0 atom stereocenters. The van der Waals surface area contributed by atoms with Gasteiger partial charge in [0.25, 0.3) is 5.91 Å². The number of carbonyl (C=O) groups excluding carboxylic acids is 1. The Hall–Kier alpha value is -2.95. The van der Waals surface area contributed by atoms with E-state index in [1.807, 2.05) is 58.0 Å². The summed E-state index contributed by atoms with van der Waals surface area (Å²) in [5, 5.41) is 19.3. The van der Waals surface area contributed by atoms with Crippen LogP contribution in [0.2, 0.25) is 0 Å². The van der Waals surface area contributed by atoms with Gasteiger partial charge < -0.3 is 9.67 Å². The number of aromatic hydroxyl groups is 1. The molecular weight excluding hydrogens is 314 g/mol. The molecule has 1 amide bonds. The number of aryl methyl sites for hydroxylation is 2. The van der Waals surface area contributed by atoms with Gasteiger partial charge in [-0.25, -0.2) is 0 Å². The maximum Gasteiger partial charge on any atom is 0.295 e. The molecule has 1 heterocycles. The number of nitrogens with zero attached hydrogens (tertiary/aromatic N) is 3. The van der Waals surface area contributed by atoms with Gasteiger partial charge in [-0.1, -0.05) is 29.3 Å². The van der Waals surface area contributed by atoms with Gasteiger partial charge >= 0.3 is 0 Å². The van der Waals surface area contributed by atoms with Crippen LogP contribution in [0.1, 0.15) is 41.4 Å². The van der Waals surface area contributed by atoms with Crippen LogP contribution in [0.3, 0.4) is 0 Å². The first-order valence-corrected chi connectivity index (χ1v) is 8.24. The number of hydrogen-bond acceptors (Lipinski definition) is 3. The summed E-state index contributed by atoms with van der Waals surface area (Å²) >= 11 is 0. The molecule has 0 aliphatic carbocycles. The first-order valence-electron chi connectivity index (χ1n) is 8.24. The van der Waals surface area contributed by atoms with E-state index in [9.17, 15) is 9.90 Å². The van der Waals surface area contributed by atoms with E-state index in [0.29, 0.717) is 11.3 Å². The highest BCUT2D eigenvalue weighted by molar-refractivity contribution is 5.97. The number of rotatable bonds is 3. The normalized spacial score (nSPS) is 11.7. The summed E-state index contributed by atoms with van der Waals surface area (Å²) < 4.78 is 1.79. The van der Waals surface area contributed by atoms with Crippen LogP contribution in [-0.4, -0.2) is 15.6 Å². The zero-order valence-corrected chi connectivity index (χ0v) is 14.8. The van der Waals surface area contributed by atoms with Crippen molar-refractivity contribution in [3.63, 3.8) is 0 Å². The van der Waals surface area contributed by atoms with E-state index in [2.05, 4.69) is 10.2 Å². The van der Waals surface area contributed by atoms with Crippen LogP contribution in [0.4, 0.5) is 5.69 Å². The number of carbonyl (C=O) groups is 1. The van der Waals surface area contributed by atoms with Crippen molar-refractivity contribution in [3.8, 4) is 5.88 Å². The van der Waals surface area contributed by atoms with Crippen molar-refractivity contribution in [2.45, 2.75) is 33.7 Å². The van der Waals surface area contributed by atoms with Crippen molar-refractivity contribution >= 4 is 22.5 Å². The molecular formula is C20H21N3O2. The van der Waals surface area contributed by atoms with E-state index in [-0.39, 0.29) is 11.9 Å². The monoisotopic (exact) mass is 335 g/mol. The molecule has 3 aromatic rings. The smallest absolute Gasteiger partial charge is 0.295 e. The topological polar surface area (TPSA) is 66.9 Å². The summed E-state index contributed by atoms with van der Waals surface area (Å²) in [4.78, 5) is 12.2. The number of amides is 1. The molecule has 25 heavy (non-hydrogen) atoms. The van der Waals surface area contributed by atoms with Crippen LogP contribution in [0.15, 0.2) is 52.7 Å². The molecule has 2 aromatic carbocycles. The lowest BCUT2D eigenvalue weighted by Gasteiger charge is -2.10. The minimum absolute atomic E-state index is 0.0241. The Bertz CT molecular complexity index is 967. The van der Waals surface area contributed by atoms with Crippen molar-refractivity contribution in [3.05, 3.63) is 59.2 Å². The molecule has 0 spiro atoms. The Morgan fingerprint density at radius 1 is 1.04 bits per heavy atom. The number of hydrogen-bond donors (Lipinski definition) is 1. The fraction of sp³-hybridized carbons (Fsp3) is 0.250. The average molecular weight is 335 g/mol. The van der Waals surface area contributed by atoms with E-state index < -0.39 is 5.91 Å². The fourth-order valence-corrected chi connectivity index (χ4v) is 2.87. The highest BCUT2D eigenvalue weighted by Crippen LogP contribution is 2.41. The van der Waals surface area contributed by atoms with Crippen LogP contribution in [0, 0.1) is 13.8 Å². The zero-order chi connectivity index (χ0) is 18.1. The molecule has 0 saturated heterocycles. The molecule has 0 aliphatic heterocycles. The van der Waals surface area contributed by atoms with Crippen LogP contribution in [0.25, 0.3) is 10.9 Å². The van der Waals surface area contributed by atoms with Gasteiger partial charge in [0.2, 0.25) is 5.88 Å². The lowest BCUT2D eigenvalue weighted by Crippen LogP contribution is -1.99. The second-order valence-corrected chi connectivity index (χ2v) is 6.53. The quantitative estimate of drug-likeness (QED) is 0.645. The van der Waals surface area contributed by atoms with Crippen LogP contribution >= 0.6 is 0 Å². The van der Waals surface area contributed by atoms with E-state index in [0.717, 1.165) is 22.0 Å². The lowest BCUT2D eigenvalue weighted by molar-refractivity contribution is 0.0995. The number of aromatic nitrogens is 1. The zero-order valence-electron chi connectivity index (χ0n) is 14.8. The molecule has 0 bridgehead atoms. The van der Waals surface area contributed by atoms with Gasteiger partial charge in [-0.15, -0.1) is 10.2 Å². The molecule has 5 heteroatoms. The molecule has 0 aliphatic rings. The second kappa shape index (κ2) is 6.51. The predicted octanol–water partition coefficient (Wildman–Crippen LogP) is 5.47. The van der Waals surface area contributed by atoms with E-state index in [1.54, 1.807) is 16.7 Å². The number of azo groups is 1. The highest BCUT2D eigenvalue weighted by Gasteiger charge is 2.19. The van der Waals surface area contributed by atoms with Crippen LogP contribution in [-0.2, 0) is 0 Å². The Labute approximate surface area is 146 Å². The summed E-state index contributed by atoms with van der Waals surface area (Å²) in [7, 11) is 0. The Morgan fingerprint density at radius 3 is 2.32 bits per heavy atom. The van der Waals surface area contributed by atoms with Gasteiger partial charge in [0.1, 0.15) is 0 Å². The first-order chi connectivity index (χ1) is 11.9. The van der Waals surface area contributed by atoms with E-state index in [1.165, 1.54) is 0 Å². The van der Waals surface area contributed by atoms with Gasteiger partial charge in [0.15, 0.2) is 5.69 Å². The molecule has 0 radical (unpaired) electrons. The number of fused-ring (bicyclic) bond motifs is 1. The molecule has 0 unspecified atom stereocenters. The third-order valence-electron chi connectivity index (χ3n) is 4.16. The van der Waals surface area contributed by atoms with Crippen molar-refractivity contribution in [2.24, 2.45) is 10.2 Å². The molecule has 5 nitrogen and oxygen atoms in total. The highest BCUT2D eigenvalue weighted by atomic mass is 16.3. The SMILES string of the molecule is Cc1ccc(C(=O)N=Nc2c(O)n(C(C)C)c3ccc(C)cc23)cc1. The summed E-state index contributed by atoms with van der Waals surface area (Å²) in [6, 6.07) is 13.1. The molecule has 128 valence electrons. The summed E-state index contributed by atoms with van der Waals surface area (Å²) in [5.41, 5.74) is 3.79. The minimum atomic E-state index is -0.433. The molecule has 3 rings (SSSR count). The first kappa shape index (κ1) is 16.9. The Morgan fingerprint density at radius 2 is 1.68 bits per heavy atom. The molecule has 0 saturated carbocycles. The standard InChI is InChI=1S/C20H21N3O2/c1-12(2)23-17-10-7-14(4)11-16(17)18(20(23)25)21-22-19(24)15-8-5-13(3)6-9-15/h5-12,25H,1-4H3. The Kier molecular flexibility index (Phi) is 4.40. The average Bonchev–Trinajstić information content (AvgIpc) is 2.84. The summed E-state index contributed by atoms with van der Waals surface area (Å²) in [6.07, 6.45) is 0. The minimum Gasteiger partial charge on any atom is -0.493 e. The third kappa shape index (κ3) is 3.18. The largest absolute Gasteiger partial charge is 0.493 e. The molecule has 0 fully saturated rings. The lowest BCUT2D eigenvalue weighted by atomic mass is 10.1. The van der Waals surface area contributed by atoms with Gasteiger partial charge in [0.05, 0.1) is 5.52 Å². The number of benzene rings is 2. The van der Waals surface area contributed by atoms with Crippen molar-refractivity contribution in [2.75, 3.05) is 0 Å². The van der Waals surface area contributed by atoms with Gasteiger partial charge in [-0.05, 0) is 52.0 Å². The fourth-order valence-electron chi connectivity index (χ4n) is 2.87. The predicted molar refractivity (Wildman–Crippen MR) is 98.8 cm³/mol. The van der Waals surface area contributed by atoms with Crippen molar-refractivity contribution in [1.29, 1.82) is 0 Å². The summed E-state index contributed by atoms with van der Waals surface area (Å²) in [6.45, 7) is 7.90. The maximum atomic E-state index is 12.2. The van der Waals surface area contributed by atoms with Crippen LogP contribution < -0.4 is 0 Å². The van der Waals surface area contributed by atoms with Crippen LogP contribution in [0.5, 0.6) is 5.88 Å². The summed E-state index contributed by atoms with van der Waals surface area (Å²) in [5.74, 6) is -0.409. The Balaban J connectivity index is 2.06. The van der Waals surface area contributed by atoms with E-state index in [4.69, 9.17) is 0 Å². The van der Waals surface area contributed by atoms with Gasteiger partial charge in [-0.3, -0.25) is 4.79 Å². The van der Waals surface area contributed by atoms with Crippen molar-refractivity contribution < 1.29 is 9.90 Å². The third-order valence-corrected chi connectivity index (χ3v) is 4.16. The van der Waals surface area contributed by atoms with Crippen molar-refractivity contribution in [1.82, 2.24) is 4.57 Å². The molecule has 1 aromatic heterocycles. The molecule has 1 N–H and O–H groups in total.